The Hall–Kier alpha value is -2.21. The van der Waals surface area contributed by atoms with E-state index < -0.39 is 0 Å². The first-order valence-electron chi connectivity index (χ1n) is 7.34. The van der Waals surface area contributed by atoms with Crippen molar-refractivity contribution in [2.24, 2.45) is 0 Å². The minimum atomic E-state index is -0.0732. The van der Waals surface area contributed by atoms with Crippen molar-refractivity contribution in [3.05, 3.63) is 45.5 Å². The summed E-state index contributed by atoms with van der Waals surface area (Å²) in [7, 11) is 0. The van der Waals surface area contributed by atoms with E-state index in [-0.39, 0.29) is 5.91 Å². The van der Waals surface area contributed by atoms with E-state index in [2.05, 4.69) is 34.3 Å². The van der Waals surface area contributed by atoms with Gasteiger partial charge in [-0.2, -0.15) is 5.10 Å². The Morgan fingerprint density at radius 3 is 3.05 bits per heavy atom. The number of amides is 1. The van der Waals surface area contributed by atoms with E-state index in [0.717, 1.165) is 34.4 Å². The number of carbonyl (C=O) groups is 1. The van der Waals surface area contributed by atoms with Gasteiger partial charge in [0.15, 0.2) is 0 Å². The number of carbonyl (C=O) groups excluding carboxylic acids is 1. The summed E-state index contributed by atoms with van der Waals surface area (Å²) in [6, 6.07) is 5.58. The number of aryl methyl sites for hydroxylation is 2. The first kappa shape index (κ1) is 14.7. The van der Waals surface area contributed by atoms with Gasteiger partial charge in [0.05, 0.1) is 28.0 Å². The number of nitrogens with one attached hydrogen (secondary N) is 2. The molecule has 0 aliphatic heterocycles. The zero-order valence-electron chi connectivity index (χ0n) is 12.6. The Labute approximate surface area is 132 Å². The lowest BCUT2D eigenvalue weighted by molar-refractivity contribution is 0.0956. The quantitative estimate of drug-likeness (QED) is 0.761. The lowest BCUT2D eigenvalue weighted by atomic mass is 10.1. The van der Waals surface area contributed by atoms with Crippen LogP contribution in [0.25, 0.3) is 10.9 Å². The first-order valence-corrected chi connectivity index (χ1v) is 8.16. The Balaban J connectivity index is 1.64. The molecule has 3 rings (SSSR count). The van der Waals surface area contributed by atoms with Gasteiger partial charge >= 0.3 is 0 Å². The molecule has 2 N–H and O–H groups in total. The number of aromatic amines is 1. The van der Waals surface area contributed by atoms with Crippen molar-refractivity contribution < 1.29 is 4.79 Å². The van der Waals surface area contributed by atoms with Gasteiger partial charge in [0.2, 0.25) is 0 Å². The number of H-pyrrole nitrogens is 1. The van der Waals surface area contributed by atoms with E-state index in [1.165, 1.54) is 4.88 Å². The van der Waals surface area contributed by atoms with Crippen molar-refractivity contribution in [2.45, 2.75) is 26.7 Å². The molecule has 2 heterocycles. The molecule has 1 aromatic carbocycles. The molecule has 114 valence electrons. The fourth-order valence-corrected chi connectivity index (χ4v) is 3.49. The molecule has 2 aromatic heterocycles. The van der Waals surface area contributed by atoms with Crippen LogP contribution in [0.3, 0.4) is 0 Å². The molecule has 0 aliphatic rings. The summed E-state index contributed by atoms with van der Waals surface area (Å²) in [4.78, 5) is 18.2. The molecule has 0 unspecified atom stereocenters. The van der Waals surface area contributed by atoms with Crippen LogP contribution in [0.4, 0.5) is 0 Å². The first-order chi connectivity index (χ1) is 10.7. The number of rotatable bonds is 5. The van der Waals surface area contributed by atoms with Gasteiger partial charge in [0.25, 0.3) is 5.91 Å². The Morgan fingerprint density at radius 2 is 2.27 bits per heavy atom. The number of hydrogen-bond acceptors (Lipinski definition) is 4. The molecule has 0 aliphatic carbocycles. The minimum absolute atomic E-state index is 0.0732. The molecule has 0 radical (unpaired) electrons. The maximum Gasteiger partial charge on any atom is 0.252 e. The molecule has 0 atom stereocenters. The third-order valence-corrected chi connectivity index (χ3v) is 4.70. The normalized spacial score (nSPS) is 11.0. The predicted octanol–water partition coefficient (Wildman–Crippen LogP) is 2.86. The summed E-state index contributed by atoms with van der Waals surface area (Å²) in [6.07, 6.45) is 3.40. The number of hydrogen-bond donors (Lipinski definition) is 2. The topological polar surface area (TPSA) is 70.7 Å². The zero-order chi connectivity index (χ0) is 15.5. The van der Waals surface area contributed by atoms with Crippen molar-refractivity contribution in [1.29, 1.82) is 0 Å². The van der Waals surface area contributed by atoms with Gasteiger partial charge in [0, 0.05) is 23.2 Å². The summed E-state index contributed by atoms with van der Waals surface area (Å²) in [5, 5.41) is 11.7. The van der Waals surface area contributed by atoms with Crippen LogP contribution >= 0.6 is 11.3 Å². The minimum Gasteiger partial charge on any atom is -0.352 e. The fraction of sp³-hybridized carbons (Fsp3) is 0.312. The smallest absolute Gasteiger partial charge is 0.252 e. The molecule has 5 nitrogen and oxygen atoms in total. The molecule has 0 fully saturated rings. The van der Waals surface area contributed by atoms with Crippen molar-refractivity contribution in [3.63, 3.8) is 0 Å². The van der Waals surface area contributed by atoms with Crippen LogP contribution in [0, 0.1) is 6.92 Å². The van der Waals surface area contributed by atoms with Gasteiger partial charge in [-0.3, -0.25) is 9.89 Å². The molecule has 3 aromatic rings. The Bertz CT molecular complexity index is 805. The van der Waals surface area contributed by atoms with Crippen molar-refractivity contribution in [2.75, 3.05) is 6.54 Å². The number of nitrogens with zero attached hydrogens (tertiary/aromatic N) is 2. The molecule has 0 saturated heterocycles. The predicted molar refractivity (Wildman–Crippen MR) is 88.4 cm³/mol. The van der Waals surface area contributed by atoms with Crippen LogP contribution in [0.5, 0.6) is 0 Å². The fourth-order valence-electron chi connectivity index (χ4n) is 2.47. The number of benzene rings is 1. The largest absolute Gasteiger partial charge is 0.352 e. The van der Waals surface area contributed by atoms with Gasteiger partial charge in [0.1, 0.15) is 0 Å². The zero-order valence-corrected chi connectivity index (χ0v) is 13.5. The summed E-state index contributed by atoms with van der Waals surface area (Å²) in [5.41, 5.74) is 2.68. The summed E-state index contributed by atoms with van der Waals surface area (Å²) >= 11 is 1.71. The summed E-state index contributed by atoms with van der Waals surface area (Å²) < 4.78 is 0. The monoisotopic (exact) mass is 314 g/mol. The SMILES string of the molecule is CCc1nc(CCNC(=O)c2cccc3[nH]ncc23)sc1C. The van der Waals surface area contributed by atoms with Crippen LogP contribution in [0.15, 0.2) is 24.4 Å². The average Bonchev–Trinajstić information content (AvgIpc) is 3.12. The van der Waals surface area contributed by atoms with Crippen molar-refractivity contribution in [3.8, 4) is 0 Å². The average molecular weight is 314 g/mol. The second-order valence-electron chi connectivity index (χ2n) is 5.11. The van der Waals surface area contributed by atoms with Crippen molar-refractivity contribution in [1.82, 2.24) is 20.5 Å². The van der Waals surface area contributed by atoms with Crippen LogP contribution in [0.1, 0.15) is 32.9 Å². The molecule has 22 heavy (non-hydrogen) atoms. The molecule has 0 spiro atoms. The second kappa shape index (κ2) is 6.27. The highest BCUT2D eigenvalue weighted by molar-refractivity contribution is 7.11. The van der Waals surface area contributed by atoms with Gasteiger partial charge in [-0.15, -0.1) is 11.3 Å². The molecule has 6 heteroatoms. The highest BCUT2D eigenvalue weighted by atomic mass is 32.1. The molecule has 1 amide bonds. The third-order valence-electron chi connectivity index (χ3n) is 3.63. The van der Waals surface area contributed by atoms with Gasteiger partial charge in [-0.05, 0) is 25.5 Å². The lowest BCUT2D eigenvalue weighted by Crippen LogP contribution is -2.25. The molecular weight excluding hydrogens is 296 g/mol. The molecule has 0 bridgehead atoms. The van der Waals surface area contributed by atoms with Gasteiger partial charge < -0.3 is 5.32 Å². The third kappa shape index (κ3) is 2.87. The van der Waals surface area contributed by atoms with Crippen LogP contribution in [0.2, 0.25) is 0 Å². The standard InChI is InChI=1S/C16H18N4OS/c1-3-13-10(2)22-15(19-13)7-8-17-16(21)11-5-4-6-14-12(11)9-18-20-14/h4-6,9H,3,7-8H2,1-2H3,(H,17,21)(H,18,20). The van der Waals surface area contributed by atoms with E-state index in [0.29, 0.717) is 12.1 Å². The molecule has 0 saturated carbocycles. The Kier molecular flexibility index (Phi) is 4.20. The molecular formula is C16H18N4OS. The van der Waals surface area contributed by atoms with Crippen LogP contribution in [-0.4, -0.2) is 27.6 Å². The Morgan fingerprint density at radius 1 is 1.41 bits per heavy atom. The van der Waals surface area contributed by atoms with Crippen molar-refractivity contribution >= 4 is 28.1 Å². The maximum atomic E-state index is 12.3. The summed E-state index contributed by atoms with van der Waals surface area (Å²) in [5.74, 6) is -0.0732. The van der Waals surface area contributed by atoms with Gasteiger partial charge in [-0.1, -0.05) is 13.0 Å². The van der Waals surface area contributed by atoms with E-state index >= 15 is 0 Å². The van der Waals surface area contributed by atoms with E-state index in [4.69, 9.17) is 0 Å². The number of thiazole rings is 1. The lowest BCUT2D eigenvalue weighted by Gasteiger charge is -2.05. The summed E-state index contributed by atoms with van der Waals surface area (Å²) in [6.45, 7) is 4.79. The second-order valence-corrected chi connectivity index (χ2v) is 6.39. The van der Waals surface area contributed by atoms with E-state index in [1.807, 2.05) is 18.2 Å². The van der Waals surface area contributed by atoms with E-state index in [1.54, 1.807) is 17.5 Å². The van der Waals surface area contributed by atoms with E-state index in [9.17, 15) is 4.79 Å². The number of fused-ring (bicyclic) bond motifs is 1. The maximum absolute atomic E-state index is 12.3. The van der Waals surface area contributed by atoms with Gasteiger partial charge in [-0.25, -0.2) is 4.98 Å². The number of aromatic nitrogens is 3. The van der Waals surface area contributed by atoms with Crippen LogP contribution < -0.4 is 5.32 Å². The van der Waals surface area contributed by atoms with Crippen LogP contribution in [-0.2, 0) is 12.8 Å². The highest BCUT2D eigenvalue weighted by Gasteiger charge is 2.11. The highest BCUT2D eigenvalue weighted by Crippen LogP contribution is 2.18.